The minimum Gasteiger partial charge on any atom is -0.324 e. The number of tetrazole rings is 1. The van der Waals surface area contributed by atoms with Gasteiger partial charge in [0.25, 0.3) is 0 Å². The highest BCUT2D eigenvalue weighted by Gasteiger charge is 2.30. The van der Waals surface area contributed by atoms with E-state index in [1.165, 1.54) is 12.1 Å². The Balaban J connectivity index is 1.74. The van der Waals surface area contributed by atoms with E-state index < -0.39 is 11.7 Å². The van der Waals surface area contributed by atoms with Gasteiger partial charge in [-0.05, 0) is 49.2 Å². The van der Waals surface area contributed by atoms with Gasteiger partial charge >= 0.3 is 6.18 Å². The van der Waals surface area contributed by atoms with Crippen molar-refractivity contribution in [2.75, 3.05) is 5.32 Å². The average molecular weight is 389 g/mol. The lowest BCUT2D eigenvalue weighted by atomic mass is 10.1. The molecule has 0 atom stereocenters. The van der Waals surface area contributed by atoms with E-state index in [2.05, 4.69) is 20.7 Å². The van der Waals surface area contributed by atoms with E-state index in [9.17, 15) is 18.0 Å². The summed E-state index contributed by atoms with van der Waals surface area (Å²) in [6, 6.07) is 8.56. The van der Waals surface area contributed by atoms with E-state index in [0.29, 0.717) is 5.69 Å². The monoisotopic (exact) mass is 389 g/mol. The topological polar surface area (TPSA) is 72.7 Å². The van der Waals surface area contributed by atoms with Crippen molar-refractivity contribution in [2.24, 2.45) is 0 Å². The minimum atomic E-state index is -4.46. The van der Waals surface area contributed by atoms with Crippen molar-refractivity contribution >= 4 is 11.6 Å². The molecule has 0 bridgehead atoms. The van der Waals surface area contributed by atoms with E-state index in [0.717, 1.165) is 33.6 Å². The highest BCUT2D eigenvalue weighted by molar-refractivity contribution is 5.92. The van der Waals surface area contributed by atoms with Gasteiger partial charge in [0, 0.05) is 11.3 Å². The van der Waals surface area contributed by atoms with Crippen molar-refractivity contribution in [1.29, 1.82) is 0 Å². The lowest BCUT2D eigenvalue weighted by Gasteiger charge is -2.12. The molecule has 28 heavy (non-hydrogen) atoms. The molecule has 0 fully saturated rings. The zero-order chi connectivity index (χ0) is 20.5. The van der Waals surface area contributed by atoms with Crippen LogP contribution in [0.2, 0.25) is 0 Å². The molecule has 6 nitrogen and oxygen atoms in total. The number of aromatic nitrogens is 4. The second-order valence-electron chi connectivity index (χ2n) is 6.54. The van der Waals surface area contributed by atoms with Gasteiger partial charge in [-0.1, -0.05) is 29.8 Å². The Morgan fingerprint density at radius 1 is 1.11 bits per heavy atom. The van der Waals surface area contributed by atoms with Crippen molar-refractivity contribution in [3.63, 3.8) is 0 Å². The highest BCUT2D eigenvalue weighted by atomic mass is 19.4. The molecule has 0 aliphatic heterocycles. The lowest BCUT2D eigenvalue weighted by molar-refractivity contribution is -0.137. The summed E-state index contributed by atoms with van der Waals surface area (Å²) >= 11 is 0. The molecule has 1 N–H and O–H groups in total. The number of benzene rings is 2. The number of carbonyl (C=O) groups excluding carboxylic acids is 1. The largest absolute Gasteiger partial charge is 0.416 e. The summed E-state index contributed by atoms with van der Waals surface area (Å²) < 4.78 is 38.5. The standard InChI is InChI=1S/C19H18F3N5O/c1-11-7-12(2)17(13(3)8-11)23-16(28)10-27-25-18(24-26-27)14-5-4-6-15(9-14)19(20,21)22/h4-9H,10H2,1-3H3,(H,23,28). The number of hydrogen-bond acceptors (Lipinski definition) is 4. The molecule has 9 heteroatoms. The van der Waals surface area contributed by atoms with E-state index >= 15 is 0 Å². The average Bonchev–Trinajstić information content (AvgIpc) is 3.06. The third-order valence-electron chi connectivity index (χ3n) is 4.13. The zero-order valence-electron chi connectivity index (χ0n) is 15.5. The van der Waals surface area contributed by atoms with Crippen LogP contribution in [0.15, 0.2) is 36.4 Å². The molecule has 146 valence electrons. The Labute approximate surface area is 159 Å². The van der Waals surface area contributed by atoms with Crippen LogP contribution in [0.3, 0.4) is 0 Å². The van der Waals surface area contributed by atoms with Gasteiger partial charge in [-0.3, -0.25) is 4.79 Å². The van der Waals surface area contributed by atoms with Crippen molar-refractivity contribution < 1.29 is 18.0 Å². The third kappa shape index (κ3) is 4.36. The summed E-state index contributed by atoms with van der Waals surface area (Å²) in [5.41, 5.74) is 3.05. The van der Waals surface area contributed by atoms with Gasteiger partial charge in [-0.2, -0.15) is 18.0 Å². The first-order valence-electron chi connectivity index (χ1n) is 8.46. The summed E-state index contributed by atoms with van der Waals surface area (Å²) in [5, 5.41) is 14.3. The van der Waals surface area contributed by atoms with E-state index in [4.69, 9.17) is 0 Å². The Hall–Kier alpha value is -3.23. The molecule has 0 spiro atoms. The van der Waals surface area contributed by atoms with Gasteiger partial charge in [-0.25, -0.2) is 0 Å². The number of hydrogen-bond donors (Lipinski definition) is 1. The molecule has 1 amide bonds. The van der Waals surface area contributed by atoms with Crippen LogP contribution >= 0.6 is 0 Å². The van der Waals surface area contributed by atoms with E-state index in [1.54, 1.807) is 0 Å². The fourth-order valence-corrected chi connectivity index (χ4v) is 2.94. The first kappa shape index (κ1) is 19.5. The van der Waals surface area contributed by atoms with Crippen LogP contribution < -0.4 is 5.32 Å². The fourth-order valence-electron chi connectivity index (χ4n) is 2.94. The van der Waals surface area contributed by atoms with Crippen LogP contribution in [0.1, 0.15) is 22.3 Å². The molecule has 3 aromatic rings. The molecule has 1 heterocycles. The molecule has 0 saturated carbocycles. The molecule has 0 unspecified atom stereocenters. The van der Waals surface area contributed by atoms with Gasteiger partial charge in [-0.15, -0.1) is 10.2 Å². The van der Waals surface area contributed by atoms with Crippen LogP contribution in [0.4, 0.5) is 18.9 Å². The zero-order valence-corrected chi connectivity index (χ0v) is 15.5. The van der Waals surface area contributed by atoms with Crippen LogP contribution in [0.25, 0.3) is 11.4 Å². The molecular formula is C19H18F3N5O. The molecule has 0 aliphatic carbocycles. The predicted molar refractivity (Wildman–Crippen MR) is 97.5 cm³/mol. The van der Waals surface area contributed by atoms with Gasteiger partial charge in [0.15, 0.2) is 0 Å². The van der Waals surface area contributed by atoms with Crippen LogP contribution in [-0.2, 0) is 17.5 Å². The first-order valence-corrected chi connectivity index (χ1v) is 8.46. The fraction of sp³-hybridized carbons (Fsp3) is 0.263. The molecule has 1 aromatic heterocycles. The minimum absolute atomic E-state index is 0.0154. The highest BCUT2D eigenvalue weighted by Crippen LogP contribution is 2.31. The molecule has 0 saturated heterocycles. The summed E-state index contributed by atoms with van der Waals surface area (Å²) in [6.07, 6.45) is -4.46. The molecule has 0 radical (unpaired) electrons. The second-order valence-corrected chi connectivity index (χ2v) is 6.54. The van der Waals surface area contributed by atoms with Crippen molar-refractivity contribution in [1.82, 2.24) is 20.2 Å². The summed E-state index contributed by atoms with van der Waals surface area (Å²) in [4.78, 5) is 13.4. The Bertz CT molecular complexity index is 1000. The van der Waals surface area contributed by atoms with Crippen LogP contribution in [0, 0.1) is 20.8 Å². The van der Waals surface area contributed by atoms with Crippen molar-refractivity contribution in [3.8, 4) is 11.4 Å². The maximum Gasteiger partial charge on any atom is 0.416 e. The normalized spacial score (nSPS) is 11.5. The van der Waals surface area contributed by atoms with Crippen LogP contribution in [0.5, 0.6) is 0 Å². The molecule has 3 rings (SSSR count). The molecule has 0 aliphatic rings. The van der Waals surface area contributed by atoms with Gasteiger partial charge < -0.3 is 5.32 Å². The summed E-state index contributed by atoms with van der Waals surface area (Å²) in [6.45, 7) is 5.56. The number of halogens is 3. The number of aryl methyl sites for hydroxylation is 3. The number of carbonyl (C=O) groups is 1. The van der Waals surface area contributed by atoms with Gasteiger partial charge in [0.1, 0.15) is 6.54 Å². The Kier molecular flexibility index (Phi) is 5.17. The Morgan fingerprint density at radius 3 is 2.43 bits per heavy atom. The molecule has 2 aromatic carbocycles. The number of alkyl halides is 3. The lowest BCUT2D eigenvalue weighted by Crippen LogP contribution is -2.21. The van der Waals surface area contributed by atoms with E-state index in [-0.39, 0.29) is 23.8 Å². The summed E-state index contributed by atoms with van der Waals surface area (Å²) in [7, 11) is 0. The molecular weight excluding hydrogens is 371 g/mol. The number of anilines is 1. The van der Waals surface area contributed by atoms with Crippen molar-refractivity contribution in [2.45, 2.75) is 33.5 Å². The number of nitrogens with zero attached hydrogens (tertiary/aromatic N) is 4. The van der Waals surface area contributed by atoms with Crippen LogP contribution in [-0.4, -0.2) is 26.1 Å². The number of amides is 1. The SMILES string of the molecule is Cc1cc(C)c(NC(=O)Cn2nnc(-c3cccc(C(F)(F)F)c3)n2)c(C)c1. The van der Waals surface area contributed by atoms with Gasteiger partial charge in [0.2, 0.25) is 11.7 Å². The quantitative estimate of drug-likeness (QED) is 0.734. The van der Waals surface area contributed by atoms with E-state index in [1.807, 2.05) is 32.9 Å². The Morgan fingerprint density at radius 2 is 1.79 bits per heavy atom. The number of rotatable bonds is 4. The number of nitrogens with one attached hydrogen (secondary N) is 1. The smallest absolute Gasteiger partial charge is 0.324 e. The second kappa shape index (κ2) is 7.41. The first-order chi connectivity index (χ1) is 13.1. The maximum atomic E-state index is 12.8. The van der Waals surface area contributed by atoms with Gasteiger partial charge in [0.05, 0.1) is 5.56 Å². The predicted octanol–water partition coefficient (Wildman–Crippen LogP) is 3.92. The third-order valence-corrected chi connectivity index (χ3v) is 4.13. The maximum absolute atomic E-state index is 12.8. The summed E-state index contributed by atoms with van der Waals surface area (Å²) in [5.74, 6) is -0.343. The van der Waals surface area contributed by atoms with Crippen molar-refractivity contribution in [3.05, 3.63) is 58.7 Å².